The van der Waals surface area contributed by atoms with Gasteiger partial charge in [-0.25, -0.2) is 0 Å². The first-order chi connectivity index (χ1) is 9.40. The minimum Gasteiger partial charge on any atom is -0.375 e. The topological polar surface area (TPSA) is 72.7 Å². The number of hydrogen-bond acceptors (Lipinski definition) is 4. The number of nitro groups is 1. The number of non-ortho nitro benzene ring substituents is 1. The van der Waals surface area contributed by atoms with Crippen molar-refractivity contribution >= 4 is 23.2 Å². The van der Waals surface area contributed by atoms with Gasteiger partial charge in [-0.05, 0) is 19.9 Å². The maximum Gasteiger partial charge on any atom is 0.270 e. The molecule has 1 aliphatic rings. The maximum absolute atomic E-state index is 12.5. The van der Waals surface area contributed by atoms with Crippen LogP contribution in [0.25, 0.3) is 0 Å². The number of morpholine rings is 1. The number of ether oxygens (including phenoxy) is 1. The van der Waals surface area contributed by atoms with Gasteiger partial charge in [-0.1, -0.05) is 11.6 Å². The van der Waals surface area contributed by atoms with Crippen LogP contribution < -0.4 is 0 Å². The molecule has 20 heavy (non-hydrogen) atoms. The molecule has 0 spiro atoms. The molecule has 0 bridgehead atoms. The highest BCUT2D eigenvalue weighted by atomic mass is 35.5. The zero-order chi connectivity index (χ0) is 14.9. The summed E-state index contributed by atoms with van der Waals surface area (Å²) < 4.78 is 5.46. The van der Waals surface area contributed by atoms with E-state index in [1.807, 2.05) is 13.8 Å². The number of halogens is 1. The molecule has 108 valence electrons. The molecule has 0 radical (unpaired) electrons. The zero-order valence-corrected chi connectivity index (χ0v) is 12.0. The standard InChI is InChI=1S/C13H15ClN2O4/c1-8-7-20-9(2)6-15(8)13(17)11-5-10(16(18)19)3-4-12(11)14/h3-5,8-9H,6-7H2,1-2H3/t8-,9-/m0/s1. The van der Waals surface area contributed by atoms with E-state index in [1.165, 1.54) is 18.2 Å². The minimum absolute atomic E-state index is 0.0624. The van der Waals surface area contributed by atoms with E-state index in [1.54, 1.807) is 4.90 Å². The van der Waals surface area contributed by atoms with Gasteiger partial charge in [0.1, 0.15) is 0 Å². The molecule has 1 amide bonds. The third-order valence-electron chi connectivity index (χ3n) is 3.26. The van der Waals surface area contributed by atoms with E-state index in [4.69, 9.17) is 16.3 Å². The van der Waals surface area contributed by atoms with Gasteiger partial charge < -0.3 is 9.64 Å². The van der Waals surface area contributed by atoms with Crippen LogP contribution in [0.5, 0.6) is 0 Å². The van der Waals surface area contributed by atoms with Crippen LogP contribution in [0.1, 0.15) is 24.2 Å². The Morgan fingerprint density at radius 3 is 2.85 bits per heavy atom. The first kappa shape index (κ1) is 14.7. The Labute approximate surface area is 121 Å². The molecular weight excluding hydrogens is 284 g/mol. The van der Waals surface area contributed by atoms with Crippen LogP contribution in [0.4, 0.5) is 5.69 Å². The highest BCUT2D eigenvalue weighted by Crippen LogP contribution is 2.25. The van der Waals surface area contributed by atoms with E-state index in [0.29, 0.717) is 13.2 Å². The largest absolute Gasteiger partial charge is 0.375 e. The fraction of sp³-hybridized carbons (Fsp3) is 0.462. The number of benzene rings is 1. The van der Waals surface area contributed by atoms with Gasteiger partial charge >= 0.3 is 0 Å². The molecule has 0 saturated carbocycles. The third-order valence-corrected chi connectivity index (χ3v) is 3.59. The van der Waals surface area contributed by atoms with Crippen molar-refractivity contribution in [3.8, 4) is 0 Å². The lowest BCUT2D eigenvalue weighted by Gasteiger charge is -2.36. The normalized spacial score (nSPS) is 22.6. The molecule has 1 fully saturated rings. The van der Waals surface area contributed by atoms with Crippen molar-refractivity contribution in [1.82, 2.24) is 4.90 Å². The molecule has 2 atom stereocenters. The number of carbonyl (C=O) groups excluding carboxylic acids is 1. The number of nitro benzene ring substituents is 1. The molecule has 1 aliphatic heterocycles. The molecule has 7 heteroatoms. The maximum atomic E-state index is 12.5. The second kappa shape index (κ2) is 5.76. The molecule has 1 saturated heterocycles. The molecule has 0 aliphatic carbocycles. The van der Waals surface area contributed by atoms with E-state index < -0.39 is 4.92 Å². The zero-order valence-electron chi connectivity index (χ0n) is 11.2. The van der Waals surface area contributed by atoms with Gasteiger partial charge in [0.05, 0.1) is 34.3 Å². The van der Waals surface area contributed by atoms with Gasteiger partial charge in [-0.2, -0.15) is 0 Å². The molecule has 1 heterocycles. The molecule has 6 nitrogen and oxygen atoms in total. The van der Waals surface area contributed by atoms with Gasteiger partial charge in [-0.3, -0.25) is 14.9 Å². The van der Waals surface area contributed by atoms with Gasteiger partial charge in [0.2, 0.25) is 0 Å². The van der Waals surface area contributed by atoms with Crippen molar-refractivity contribution in [2.24, 2.45) is 0 Å². The van der Waals surface area contributed by atoms with Crippen LogP contribution in [0.3, 0.4) is 0 Å². The predicted molar refractivity (Wildman–Crippen MR) is 74.0 cm³/mol. The van der Waals surface area contributed by atoms with Crippen LogP contribution in [-0.4, -0.2) is 41.0 Å². The van der Waals surface area contributed by atoms with Gasteiger partial charge in [0.15, 0.2) is 0 Å². The Bertz CT molecular complexity index is 549. The van der Waals surface area contributed by atoms with E-state index in [-0.39, 0.29) is 34.3 Å². The molecule has 0 N–H and O–H groups in total. The first-order valence-corrected chi connectivity index (χ1v) is 6.64. The quantitative estimate of drug-likeness (QED) is 0.621. The summed E-state index contributed by atoms with van der Waals surface area (Å²) in [5, 5.41) is 11.0. The smallest absolute Gasteiger partial charge is 0.270 e. The van der Waals surface area contributed by atoms with Crippen LogP contribution in [0.15, 0.2) is 18.2 Å². The average Bonchev–Trinajstić information content (AvgIpc) is 2.41. The summed E-state index contributed by atoms with van der Waals surface area (Å²) in [6.07, 6.45) is -0.0624. The van der Waals surface area contributed by atoms with Gasteiger partial charge in [-0.15, -0.1) is 0 Å². The van der Waals surface area contributed by atoms with E-state index in [0.717, 1.165) is 0 Å². The van der Waals surface area contributed by atoms with E-state index in [9.17, 15) is 14.9 Å². The second-order valence-electron chi connectivity index (χ2n) is 4.87. The fourth-order valence-electron chi connectivity index (χ4n) is 2.13. The minimum atomic E-state index is -0.543. The fourth-order valence-corrected chi connectivity index (χ4v) is 2.33. The Morgan fingerprint density at radius 1 is 1.50 bits per heavy atom. The lowest BCUT2D eigenvalue weighted by atomic mass is 10.1. The number of nitrogens with zero attached hydrogens (tertiary/aromatic N) is 2. The van der Waals surface area contributed by atoms with Crippen LogP contribution in [0.2, 0.25) is 5.02 Å². The number of amides is 1. The molecule has 1 aromatic rings. The summed E-state index contributed by atoms with van der Waals surface area (Å²) in [6.45, 7) is 4.63. The monoisotopic (exact) mass is 298 g/mol. The molecule has 1 aromatic carbocycles. The van der Waals surface area contributed by atoms with Crippen molar-refractivity contribution in [2.45, 2.75) is 26.0 Å². The van der Waals surface area contributed by atoms with Crippen LogP contribution in [-0.2, 0) is 4.74 Å². The Balaban J connectivity index is 2.32. The second-order valence-corrected chi connectivity index (χ2v) is 5.28. The Kier molecular flexibility index (Phi) is 4.25. The van der Waals surface area contributed by atoms with E-state index in [2.05, 4.69) is 0 Å². The summed E-state index contributed by atoms with van der Waals surface area (Å²) >= 11 is 6.00. The highest BCUT2D eigenvalue weighted by molar-refractivity contribution is 6.33. The molecule has 2 rings (SSSR count). The van der Waals surface area contributed by atoms with E-state index >= 15 is 0 Å². The predicted octanol–water partition coefficient (Wildman–Crippen LogP) is 2.50. The Hall–Kier alpha value is -1.66. The Morgan fingerprint density at radius 2 is 2.20 bits per heavy atom. The highest BCUT2D eigenvalue weighted by Gasteiger charge is 2.30. The lowest BCUT2D eigenvalue weighted by molar-refractivity contribution is -0.384. The van der Waals surface area contributed by atoms with Crippen molar-refractivity contribution in [1.29, 1.82) is 0 Å². The number of rotatable bonds is 2. The summed E-state index contributed by atoms with van der Waals surface area (Å²) in [7, 11) is 0. The lowest BCUT2D eigenvalue weighted by Crippen LogP contribution is -2.50. The van der Waals surface area contributed by atoms with Crippen molar-refractivity contribution in [2.75, 3.05) is 13.2 Å². The van der Waals surface area contributed by atoms with Crippen LogP contribution in [0, 0.1) is 10.1 Å². The van der Waals surface area contributed by atoms with Crippen LogP contribution >= 0.6 is 11.6 Å². The van der Waals surface area contributed by atoms with Crippen molar-refractivity contribution in [3.05, 3.63) is 38.9 Å². The van der Waals surface area contributed by atoms with Crippen molar-refractivity contribution in [3.63, 3.8) is 0 Å². The molecular formula is C13H15ClN2O4. The first-order valence-electron chi connectivity index (χ1n) is 6.26. The van der Waals surface area contributed by atoms with Gasteiger partial charge in [0, 0.05) is 18.7 Å². The van der Waals surface area contributed by atoms with Gasteiger partial charge in [0.25, 0.3) is 11.6 Å². The summed E-state index contributed by atoms with van der Waals surface area (Å²) in [5.41, 5.74) is 0.00790. The summed E-state index contributed by atoms with van der Waals surface area (Å²) in [5.74, 6) is -0.304. The number of hydrogen-bond donors (Lipinski definition) is 0. The third kappa shape index (κ3) is 2.91. The molecule has 0 unspecified atom stereocenters. The summed E-state index contributed by atoms with van der Waals surface area (Å²) in [4.78, 5) is 24.4. The summed E-state index contributed by atoms with van der Waals surface area (Å²) in [6, 6.07) is 3.79. The average molecular weight is 299 g/mol. The van der Waals surface area contributed by atoms with Crippen molar-refractivity contribution < 1.29 is 14.5 Å². The number of carbonyl (C=O) groups is 1. The molecule has 0 aromatic heterocycles. The SMILES string of the molecule is C[C@H]1CN(C(=O)c2cc([N+](=O)[O-])ccc2Cl)[C@@H](C)CO1.